The van der Waals surface area contributed by atoms with Crippen molar-refractivity contribution in [2.45, 2.75) is 6.42 Å². The van der Waals surface area contributed by atoms with E-state index in [1.807, 2.05) is 24.5 Å². The number of anilines is 1. The lowest BCUT2D eigenvalue weighted by atomic mass is 10.1. The fourth-order valence-corrected chi connectivity index (χ4v) is 3.59. The van der Waals surface area contributed by atoms with E-state index in [0.717, 1.165) is 50.1 Å². The van der Waals surface area contributed by atoms with Crippen LogP contribution < -0.4 is 10.2 Å². The number of likely N-dealkylation sites (N-methyl/N-ethyl adjacent to an activating group) is 1. The lowest BCUT2D eigenvalue weighted by Crippen LogP contribution is -2.36. The minimum atomic E-state index is 0.798. The Balaban J connectivity index is 1.90. The standard InChI is InChI=1S/C16H21N3OS/c1-17-8-7-14-15(13-5-3-2-4-6-13)18-16(21-14)19-9-11-20-12-10-19/h2-6,17H,7-12H2,1H3. The zero-order chi connectivity index (χ0) is 14.5. The molecule has 0 bridgehead atoms. The summed E-state index contributed by atoms with van der Waals surface area (Å²) in [6, 6.07) is 10.5. The lowest BCUT2D eigenvalue weighted by molar-refractivity contribution is 0.122. The van der Waals surface area contributed by atoms with Gasteiger partial charge in [0.1, 0.15) is 0 Å². The molecule has 1 aromatic heterocycles. The van der Waals surface area contributed by atoms with Gasteiger partial charge in [-0.3, -0.25) is 0 Å². The molecule has 3 rings (SSSR count). The zero-order valence-corrected chi connectivity index (χ0v) is 13.2. The van der Waals surface area contributed by atoms with Gasteiger partial charge in [0, 0.05) is 23.5 Å². The molecule has 1 aromatic carbocycles. The summed E-state index contributed by atoms with van der Waals surface area (Å²) in [5.74, 6) is 0. The van der Waals surface area contributed by atoms with Gasteiger partial charge in [-0.2, -0.15) is 0 Å². The molecule has 0 unspecified atom stereocenters. The van der Waals surface area contributed by atoms with Crippen LogP contribution in [0.15, 0.2) is 30.3 Å². The molecule has 4 nitrogen and oxygen atoms in total. The smallest absolute Gasteiger partial charge is 0.186 e. The van der Waals surface area contributed by atoms with Crippen molar-refractivity contribution in [2.75, 3.05) is 44.8 Å². The second-order valence-corrected chi connectivity index (χ2v) is 6.15. The van der Waals surface area contributed by atoms with Crippen LogP contribution in [0.5, 0.6) is 0 Å². The average Bonchev–Trinajstić information content (AvgIpc) is 2.99. The Bertz CT molecular complexity index is 564. The SMILES string of the molecule is CNCCc1sc(N2CCOCC2)nc1-c1ccccc1. The van der Waals surface area contributed by atoms with Crippen molar-refractivity contribution in [3.05, 3.63) is 35.2 Å². The number of hydrogen-bond acceptors (Lipinski definition) is 5. The minimum absolute atomic E-state index is 0.798. The minimum Gasteiger partial charge on any atom is -0.378 e. The molecule has 1 aliphatic rings. The molecule has 1 N–H and O–H groups in total. The number of benzene rings is 1. The number of thiazole rings is 1. The van der Waals surface area contributed by atoms with Gasteiger partial charge in [0.05, 0.1) is 18.9 Å². The number of nitrogens with zero attached hydrogens (tertiary/aromatic N) is 2. The van der Waals surface area contributed by atoms with Crippen LogP contribution in [0, 0.1) is 0 Å². The second kappa shape index (κ2) is 7.02. The van der Waals surface area contributed by atoms with Crippen LogP contribution in [0.2, 0.25) is 0 Å². The number of ether oxygens (including phenoxy) is 1. The first-order valence-corrected chi connectivity index (χ1v) is 8.22. The zero-order valence-electron chi connectivity index (χ0n) is 12.3. The Kier molecular flexibility index (Phi) is 4.85. The van der Waals surface area contributed by atoms with E-state index in [-0.39, 0.29) is 0 Å². The third kappa shape index (κ3) is 3.43. The van der Waals surface area contributed by atoms with E-state index in [0.29, 0.717) is 0 Å². The molecule has 5 heteroatoms. The number of aromatic nitrogens is 1. The van der Waals surface area contributed by atoms with Crippen LogP contribution in [-0.4, -0.2) is 44.9 Å². The summed E-state index contributed by atoms with van der Waals surface area (Å²) < 4.78 is 5.43. The van der Waals surface area contributed by atoms with E-state index >= 15 is 0 Å². The molecule has 0 radical (unpaired) electrons. The summed E-state index contributed by atoms with van der Waals surface area (Å²) in [4.78, 5) is 8.61. The maximum absolute atomic E-state index is 5.43. The third-order valence-electron chi connectivity index (χ3n) is 3.62. The summed E-state index contributed by atoms with van der Waals surface area (Å²) in [5, 5.41) is 4.36. The van der Waals surface area contributed by atoms with E-state index in [2.05, 4.69) is 34.5 Å². The summed E-state index contributed by atoms with van der Waals surface area (Å²) in [6.07, 6.45) is 1.02. The Morgan fingerprint density at radius 2 is 2.00 bits per heavy atom. The van der Waals surface area contributed by atoms with Crippen LogP contribution in [-0.2, 0) is 11.2 Å². The predicted molar refractivity (Wildman–Crippen MR) is 88.2 cm³/mol. The largest absolute Gasteiger partial charge is 0.378 e. The van der Waals surface area contributed by atoms with Crippen LogP contribution in [0.3, 0.4) is 0 Å². The Labute approximate surface area is 129 Å². The quantitative estimate of drug-likeness (QED) is 0.920. The maximum atomic E-state index is 5.43. The molecule has 1 fully saturated rings. The molecule has 2 aromatic rings. The summed E-state index contributed by atoms with van der Waals surface area (Å²) in [5.41, 5.74) is 2.34. The lowest BCUT2D eigenvalue weighted by Gasteiger charge is -2.26. The first-order valence-electron chi connectivity index (χ1n) is 7.41. The van der Waals surface area contributed by atoms with Gasteiger partial charge in [0.2, 0.25) is 0 Å². The molecule has 21 heavy (non-hydrogen) atoms. The van der Waals surface area contributed by atoms with Gasteiger partial charge in [-0.05, 0) is 20.0 Å². The fraction of sp³-hybridized carbons (Fsp3) is 0.438. The van der Waals surface area contributed by atoms with E-state index < -0.39 is 0 Å². The first-order chi connectivity index (χ1) is 10.4. The molecular formula is C16H21N3OS. The first kappa shape index (κ1) is 14.5. The molecule has 1 aliphatic heterocycles. The van der Waals surface area contributed by atoms with E-state index in [1.165, 1.54) is 10.4 Å². The highest BCUT2D eigenvalue weighted by molar-refractivity contribution is 7.16. The Morgan fingerprint density at radius 3 is 2.71 bits per heavy atom. The van der Waals surface area contributed by atoms with Gasteiger partial charge in [-0.25, -0.2) is 4.98 Å². The summed E-state index contributed by atoms with van der Waals surface area (Å²) >= 11 is 1.82. The molecule has 1 saturated heterocycles. The molecule has 2 heterocycles. The Hall–Kier alpha value is -1.43. The van der Waals surface area contributed by atoms with Crippen molar-refractivity contribution in [1.29, 1.82) is 0 Å². The normalized spacial score (nSPS) is 15.4. The van der Waals surface area contributed by atoms with Gasteiger partial charge in [-0.1, -0.05) is 30.3 Å². The topological polar surface area (TPSA) is 37.4 Å². The maximum Gasteiger partial charge on any atom is 0.186 e. The van der Waals surface area contributed by atoms with Gasteiger partial charge in [-0.15, -0.1) is 11.3 Å². The summed E-state index contributed by atoms with van der Waals surface area (Å²) in [6.45, 7) is 4.45. The van der Waals surface area contributed by atoms with Crippen LogP contribution >= 0.6 is 11.3 Å². The molecule has 0 atom stereocenters. The highest BCUT2D eigenvalue weighted by atomic mass is 32.1. The highest BCUT2D eigenvalue weighted by Gasteiger charge is 2.19. The van der Waals surface area contributed by atoms with Crippen molar-refractivity contribution in [2.24, 2.45) is 0 Å². The van der Waals surface area contributed by atoms with E-state index in [4.69, 9.17) is 9.72 Å². The monoisotopic (exact) mass is 303 g/mol. The fourth-order valence-electron chi connectivity index (χ4n) is 2.46. The summed E-state index contributed by atoms with van der Waals surface area (Å²) in [7, 11) is 1.99. The molecule has 0 spiro atoms. The van der Waals surface area contributed by atoms with Crippen LogP contribution in [0.1, 0.15) is 4.88 Å². The molecule has 0 amide bonds. The van der Waals surface area contributed by atoms with Crippen molar-refractivity contribution in [3.8, 4) is 11.3 Å². The van der Waals surface area contributed by atoms with E-state index in [9.17, 15) is 0 Å². The third-order valence-corrected chi connectivity index (χ3v) is 4.79. The van der Waals surface area contributed by atoms with Crippen molar-refractivity contribution in [1.82, 2.24) is 10.3 Å². The van der Waals surface area contributed by atoms with Crippen molar-refractivity contribution in [3.63, 3.8) is 0 Å². The molecular weight excluding hydrogens is 282 g/mol. The average molecular weight is 303 g/mol. The second-order valence-electron chi connectivity index (χ2n) is 5.09. The predicted octanol–water partition coefficient (Wildman–Crippen LogP) is 2.41. The number of morpholine rings is 1. The van der Waals surface area contributed by atoms with Crippen molar-refractivity contribution < 1.29 is 4.74 Å². The highest BCUT2D eigenvalue weighted by Crippen LogP contribution is 2.33. The Morgan fingerprint density at radius 1 is 1.24 bits per heavy atom. The van der Waals surface area contributed by atoms with Crippen LogP contribution in [0.4, 0.5) is 5.13 Å². The van der Waals surface area contributed by atoms with Crippen molar-refractivity contribution >= 4 is 16.5 Å². The number of hydrogen-bond donors (Lipinski definition) is 1. The van der Waals surface area contributed by atoms with E-state index in [1.54, 1.807) is 0 Å². The molecule has 112 valence electrons. The van der Waals surface area contributed by atoms with Crippen LogP contribution in [0.25, 0.3) is 11.3 Å². The number of nitrogens with one attached hydrogen (secondary N) is 1. The van der Waals surface area contributed by atoms with Gasteiger partial charge in [0.15, 0.2) is 5.13 Å². The van der Waals surface area contributed by atoms with Gasteiger partial charge >= 0.3 is 0 Å². The van der Waals surface area contributed by atoms with Gasteiger partial charge < -0.3 is 15.0 Å². The molecule has 0 aliphatic carbocycles. The van der Waals surface area contributed by atoms with Gasteiger partial charge in [0.25, 0.3) is 0 Å². The molecule has 0 saturated carbocycles. The number of rotatable bonds is 5.